The smallest absolute Gasteiger partial charge is 0.234 e. The average molecular weight is 405 g/mol. The molecule has 2 aromatic rings. The van der Waals surface area contributed by atoms with Crippen LogP contribution in [0.25, 0.3) is 0 Å². The molecule has 3 rings (SSSR count). The average Bonchev–Trinajstić information content (AvgIpc) is 2.65. The number of amides is 1. The molecular weight excluding hydrogens is 380 g/mol. The minimum absolute atomic E-state index is 0.00832. The third-order valence-corrected chi connectivity index (χ3v) is 5.74. The number of thioether (sulfide) groups is 1. The molecule has 2 aromatic carbocycles. The lowest BCUT2D eigenvalue weighted by Crippen LogP contribution is -2.35. The van der Waals surface area contributed by atoms with Crippen LogP contribution in [0.5, 0.6) is 5.75 Å². The van der Waals surface area contributed by atoms with E-state index in [9.17, 15) is 4.79 Å². The number of ether oxygens (including phenoxy) is 1. The molecule has 0 radical (unpaired) electrons. The van der Waals surface area contributed by atoms with E-state index in [0.29, 0.717) is 5.75 Å². The van der Waals surface area contributed by atoms with Crippen molar-refractivity contribution in [1.29, 1.82) is 0 Å². The summed E-state index contributed by atoms with van der Waals surface area (Å²) in [4.78, 5) is 14.4. The van der Waals surface area contributed by atoms with Crippen molar-refractivity contribution in [2.45, 2.75) is 24.7 Å². The number of carbonyl (C=O) groups is 1. The second kappa shape index (κ2) is 10.0. The predicted octanol–water partition coefficient (Wildman–Crippen LogP) is 4.68. The first-order valence-corrected chi connectivity index (χ1v) is 10.7. The second-order valence-corrected chi connectivity index (χ2v) is 8.24. The molecule has 1 aliphatic rings. The summed E-state index contributed by atoms with van der Waals surface area (Å²) in [5.41, 5.74) is 1.91. The van der Waals surface area contributed by atoms with Crippen LogP contribution < -0.4 is 10.1 Å². The Kier molecular flexibility index (Phi) is 7.44. The van der Waals surface area contributed by atoms with Crippen LogP contribution in [0.3, 0.4) is 0 Å². The summed E-state index contributed by atoms with van der Waals surface area (Å²) in [6.07, 6.45) is 2.39. The maximum Gasteiger partial charge on any atom is 0.234 e. The monoisotopic (exact) mass is 404 g/mol. The van der Waals surface area contributed by atoms with Gasteiger partial charge in [-0.15, -0.1) is 11.8 Å². The Morgan fingerprint density at radius 1 is 1.22 bits per heavy atom. The lowest BCUT2D eigenvalue weighted by molar-refractivity contribution is -0.113. The first kappa shape index (κ1) is 20.1. The molecule has 4 nitrogen and oxygen atoms in total. The van der Waals surface area contributed by atoms with E-state index in [1.165, 1.54) is 0 Å². The molecule has 1 heterocycles. The highest BCUT2D eigenvalue weighted by atomic mass is 35.5. The Labute approximate surface area is 170 Å². The van der Waals surface area contributed by atoms with E-state index in [-0.39, 0.29) is 12.0 Å². The van der Waals surface area contributed by atoms with Gasteiger partial charge in [-0.2, -0.15) is 0 Å². The highest BCUT2D eigenvalue weighted by Crippen LogP contribution is 2.21. The van der Waals surface area contributed by atoms with Crippen LogP contribution in [-0.4, -0.2) is 42.8 Å². The van der Waals surface area contributed by atoms with Gasteiger partial charge in [0.05, 0.1) is 5.75 Å². The number of halogens is 1. The minimum Gasteiger partial charge on any atom is -0.490 e. The van der Waals surface area contributed by atoms with E-state index in [1.807, 2.05) is 48.5 Å². The molecule has 0 aromatic heterocycles. The third-order valence-electron chi connectivity index (χ3n) is 4.50. The molecule has 1 saturated heterocycles. The van der Waals surface area contributed by atoms with Crippen molar-refractivity contribution in [2.75, 3.05) is 31.2 Å². The fourth-order valence-electron chi connectivity index (χ4n) is 3.00. The maximum atomic E-state index is 12.1. The van der Waals surface area contributed by atoms with Crippen molar-refractivity contribution in [1.82, 2.24) is 4.90 Å². The van der Waals surface area contributed by atoms with Crippen molar-refractivity contribution < 1.29 is 9.53 Å². The highest BCUT2D eigenvalue weighted by molar-refractivity contribution is 7.99. The Balaban J connectivity index is 1.40. The number of nitrogens with one attached hydrogen (secondary N) is 1. The molecule has 6 heteroatoms. The molecular formula is C21H25ClN2O2S. The lowest BCUT2D eigenvalue weighted by Gasteiger charge is -2.29. The largest absolute Gasteiger partial charge is 0.490 e. The van der Waals surface area contributed by atoms with Crippen molar-refractivity contribution in [2.24, 2.45) is 0 Å². The molecule has 1 aliphatic heterocycles. The number of anilines is 1. The quantitative estimate of drug-likeness (QED) is 0.727. The van der Waals surface area contributed by atoms with E-state index in [4.69, 9.17) is 16.3 Å². The van der Waals surface area contributed by atoms with Gasteiger partial charge in [-0.1, -0.05) is 23.7 Å². The van der Waals surface area contributed by atoms with Gasteiger partial charge in [0.25, 0.3) is 0 Å². The summed E-state index contributed by atoms with van der Waals surface area (Å²) in [6, 6.07) is 15.3. The number of likely N-dealkylation sites (tertiary alicyclic amines) is 1. The van der Waals surface area contributed by atoms with Gasteiger partial charge in [0.1, 0.15) is 11.9 Å². The first-order valence-electron chi connectivity index (χ1n) is 9.16. The fourth-order valence-corrected chi connectivity index (χ4v) is 3.99. The van der Waals surface area contributed by atoms with Crippen LogP contribution in [0.4, 0.5) is 5.69 Å². The van der Waals surface area contributed by atoms with Crippen molar-refractivity contribution >= 4 is 35.0 Å². The van der Waals surface area contributed by atoms with Gasteiger partial charge in [-0.3, -0.25) is 4.79 Å². The van der Waals surface area contributed by atoms with E-state index in [1.54, 1.807) is 11.8 Å². The van der Waals surface area contributed by atoms with Gasteiger partial charge in [0, 0.05) is 29.6 Å². The SMILES string of the molecule is CN1CCC(Oc2ccc(NC(=O)CSCc3cccc(Cl)c3)cc2)CC1. The summed E-state index contributed by atoms with van der Waals surface area (Å²) in [7, 11) is 2.14. The number of nitrogens with zero attached hydrogens (tertiary/aromatic N) is 1. The zero-order chi connectivity index (χ0) is 19.1. The van der Waals surface area contributed by atoms with Gasteiger partial charge in [0.2, 0.25) is 5.91 Å². The van der Waals surface area contributed by atoms with E-state index < -0.39 is 0 Å². The molecule has 1 N–H and O–H groups in total. The number of hydrogen-bond donors (Lipinski definition) is 1. The first-order chi connectivity index (χ1) is 13.1. The highest BCUT2D eigenvalue weighted by Gasteiger charge is 2.17. The van der Waals surface area contributed by atoms with Gasteiger partial charge in [-0.25, -0.2) is 0 Å². The summed E-state index contributed by atoms with van der Waals surface area (Å²) >= 11 is 7.54. The second-order valence-electron chi connectivity index (χ2n) is 6.82. The normalized spacial score (nSPS) is 15.5. The van der Waals surface area contributed by atoms with Gasteiger partial charge in [0.15, 0.2) is 0 Å². The maximum absolute atomic E-state index is 12.1. The number of carbonyl (C=O) groups excluding carboxylic acids is 1. The summed E-state index contributed by atoms with van der Waals surface area (Å²) in [5, 5.41) is 3.65. The molecule has 0 atom stereocenters. The molecule has 144 valence electrons. The Morgan fingerprint density at radius 3 is 2.67 bits per heavy atom. The van der Waals surface area contributed by atoms with E-state index >= 15 is 0 Å². The molecule has 0 bridgehead atoms. The van der Waals surface area contributed by atoms with E-state index in [0.717, 1.165) is 53.7 Å². The molecule has 0 aliphatic carbocycles. The number of benzene rings is 2. The van der Waals surface area contributed by atoms with Gasteiger partial charge >= 0.3 is 0 Å². The summed E-state index contributed by atoms with van der Waals surface area (Å²) < 4.78 is 6.03. The van der Waals surface area contributed by atoms with Crippen LogP contribution in [-0.2, 0) is 10.5 Å². The van der Waals surface area contributed by atoms with Crippen molar-refractivity contribution in [3.05, 3.63) is 59.1 Å². The standard InChI is InChI=1S/C21H25ClN2O2S/c1-24-11-9-20(10-12-24)26-19-7-5-18(6-8-19)23-21(25)15-27-14-16-3-2-4-17(22)13-16/h2-8,13,20H,9-12,14-15H2,1H3,(H,23,25). The number of hydrogen-bond acceptors (Lipinski definition) is 4. The fraction of sp³-hybridized carbons (Fsp3) is 0.381. The van der Waals surface area contributed by atoms with Crippen LogP contribution in [0.1, 0.15) is 18.4 Å². The number of piperidine rings is 1. The van der Waals surface area contributed by atoms with Crippen LogP contribution in [0.2, 0.25) is 5.02 Å². The topological polar surface area (TPSA) is 41.6 Å². The third kappa shape index (κ3) is 6.76. The molecule has 0 saturated carbocycles. The van der Waals surface area contributed by atoms with Crippen LogP contribution in [0.15, 0.2) is 48.5 Å². The zero-order valence-corrected chi connectivity index (χ0v) is 17.1. The molecule has 1 amide bonds. The van der Waals surface area contributed by atoms with Crippen molar-refractivity contribution in [3.8, 4) is 5.75 Å². The zero-order valence-electron chi connectivity index (χ0n) is 15.5. The molecule has 0 spiro atoms. The molecule has 27 heavy (non-hydrogen) atoms. The molecule has 1 fully saturated rings. The van der Waals surface area contributed by atoms with Crippen molar-refractivity contribution in [3.63, 3.8) is 0 Å². The Bertz CT molecular complexity index is 746. The Morgan fingerprint density at radius 2 is 1.96 bits per heavy atom. The minimum atomic E-state index is -0.00832. The molecule has 0 unspecified atom stereocenters. The predicted molar refractivity (Wildman–Crippen MR) is 114 cm³/mol. The number of rotatable bonds is 7. The summed E-state index contributed by atoms with van der Waals surface area (Å²) in [6.45, 7) is 2.15. The lowest BCUT2D eigenvalue weighted by atomic mass is 10.1. The van der Waals surface area contributed by atoms with Crippen LogP contribution in [0, 0.1) is 0 Å². The van der Waals surface area contributed by atoms with E-state index in [2.05, 4.69) is 17.3 Å². The van der Waals surface area contributed by atoms with Gasteiger partial charge in [-0.05, 0) is 61.9 Å². The van der Waals surface area contributed by atoms with Gasteiger partial charge < -0.3 is 15.0 Å². The Hall–Kier alpha value is -1.69. The summed E-state index contributed by atoms with van der Waals surface area (Å²) in [5.74, 6) is 2.02. The van der Waals surface area contributed by atoms with Crippen LogP contribution >= 0.6 is 23.4 Å².